The Morgan fingerprint density at radius 2 is 2.19 bits per heavy atom. The van der Waals surface area contributed by atoms with Crippen LogP contribution in [0.15, 0.2) is 36.8 Å². The van der Waals surface area contributed by atoms with Crippen LogP contribution in [0.4, 0.5) is 5.82 Å². The Kier molecular flexibility index (Phi) is 3.76. The summed E-state index contributed by atoms with van der Waals surface area (Å²) in [4.78, 5) is 8.13. The number of aromatic amines is 1. The Morgan fingerprint density at radius 3 is 3.08 bits per heavy atom. The SMILES string of the molecule is Clc1c(-c2c[nH]c3ccccc23)nc(N[C@H]2CCCNC2)c2nncn12. The molecule has 4 aromatic rings. The van der Waals surface area contributed by atoms with Crippen LogP contribution in [0.25, 0.3) is 27.8 Å². The lowest BCUT2D eigenvalue weighted by Crippen LogP contribution is -2.38. The zero-order valence-electron chi connectivity index (χ0n) is 14.0. The summed E-state index contributed by atoms with van der Waals surface area (Å²) in [6, 6.07) is 8.43. The first-order valence-corrected chi connectivity index (χ1v) is 9.12. The molecule has 1 aliphatic rings. The zero-order valence-corrected chi connectivity index (χ0v) is 14.8. The molecule has 1 saturated heterocycles. The van der Waals surface area contributed by atoms with Crippen LogP contribution in [0, 0.1) is 0 Å². The van der Waals surface area contributed by atoms with E-state index in [4.69, 9.17) is 16.6 Å². The van der Waals surface area contributed by atoms with Crippen LogP contribution in [-0.2, 0) is 0 Å². The Balaban J connectivity index is 1.66. The smallest absolute Gasteiger partial charge is 0.204 e. The van der Waals surface area contributed by atoms with E-state index in [0.29, 0.717) is 28.4 Å². The van der Waals surface area contributed by atoms with Crippen LogP contribution in [0.5, 0.6) is 0 Å². The van der Waals surface area contributed by atoms with Crippen molar-refractivity contribution in [1.82, 2.24) is 29.9 Å². The van der Waals surface area contributed by atoms with Gasteiger partial charge in [0, 0.05) is 35.2 Å². The fourth-order valence-corrected chi connectivity index (χ4v) is 3.83. The minimum absolute atomic E-state index is 0.314. The minimum atomic E-state index is 0.314. The van der Waals surface area contributed by atoms with Gasteiger partial charge >= 0.3 is 0 Å². The molecule has 1 aliphatic heterocycles. The number of halogens is 1. The van der Waals surface area contributed by atoms with Crippen molar-refractivity contribution in [2.75, 3.05) is 18.4 Å². The molecule has 1 aromatic carbocycles. The molecule has 26 heavy (non-hydrogen) atoms. The van der Waals surface area contributed by atoms with Gasteiger partial charge in [-0.15, -0.1) is 10.2 Å². The number of rotatable bonds is 3. The first-order valence-electron chi connectivity index (χ1n) is 8.74. The Bertz CT molecular complexity index is 1080. The molecule has 4 heterocycles. The van der Waals surface area contributed by atoms with E-state index in [1.807, 2.05) is 24.4 Å². The zero-order chi connectivity index (χ0) is 17.5. The van der Waals surface area contributed by atoms with E-state index in [1.165, 1.54) is 0 Å². The molecule has 5 rings (SSSR count). The lowest BCUT2D eigenvalue weighted by Gasteiger charge is -2.24. The number of nitrogens with zero attached hydrogens (tertiary/aromatic N) is 4. The highest BCUT2D eigenvalue weighted by molar-refractivity contribution is 6.32. The van der Waals surface area contributed by atoms with Gasteiger partial charge in [-0.1, -0.05) is 29.8 Å². The molecule has 132 valence electrons. The standard InChI is InChI=1S/C18H18ClN7/c19-16-15(13-9-21-14-6-2-1-5-12(13)14)24-17(18-25-22-10-26(16)18)23-11-4-3-7-20-8-11/h1-2,5-6,9-11,20-21H,3-4,7-8H2,(H,23,24)/t11-/m0/s1. The second kappa shape index (κ2) is 6.26. The molecule has 1 fully saturated rings. The van der Waals surface area contributed by atoms with Crippen molar-refractivity contribution in [1.29, 1.82) is 0 Å². The third-order valence-corrected chi connectivity index (χ3v) is 5.23. The summed E-state index contributed by atoms with van der Waals surface area (Å²) in [7, 11) is 0. The van der Waals surface area contributed by atoms with Crippen LogP contribution in [0.3, 0.4) is 0 Å². The number of benzene rings is 1. The fraction of sp³-hybridized carbons (Fsp3) is 0.278. The van der Waals surface area contributed by atoms with E-state index in [0.717, 1.165) is 42.4 Å². The fourth-order valence-electron chi connectivity index (χ4n) is 3.57. The number of aromatic nitrogens is 5. The number of H-pyrrole nitrogens is 1. The summed E-state index contributed by atoms with van der Waals surface area (Å²) < 4.78 is 1.78. The summed E-state index contributed by atoms with van der Waals surface area (Å²) in [5.74, 6) is 0.709. The highest BCUT2D eigenvalue weighted by Crippen LogP contribution is 2.34. The van der Waals surface area contributed by atoms with Gasteiger partial charge in [0.1, 0.15) is 17.2 Å². The minimum Gasteiger partial charge on any atom is -0.363 e. The second-order valence-corrected chi connectivity index (χ2v) is 6.92. The number of nitrogens with one attached hydrogen (secondary N) is 3. The first-order chi connectivity index (χ1) is 12.8. The van der Waals surface area contributed by atoms with Gasteiger partial charge in [-0.2, -0.15) is 0 Å². The van der Waals surface area contributed by atoms with Crippen molar-refractivity contribution in [2.45, 2.75) is 18.9 Å². The number of para-hydroxylation sites is 1. The second-order valence-electron chi connectivity index (χ2n) is 6.56. The first kappa shape index (κ1) is 15.6. The topological polar surface area (TPSA) is 82.9 Å². The van der Waals surface area contributed by atoms with Crippen molar-refractivity contribution in [3.05, 3.63) is 41.9 Å². The van der Waals surface area contributed by atoms with Gasteiger partial charge in [0.2, 0.25) is 5.65 Å². The van der Waals surface area contributed by atoms with Gasteiger partial charge in [-0.05, 0) is 25.5 Å². The predicted octanol–water partition coefficient (Wildman–Crippen LogP) is 3.09. The molecule has 0 saturated carbocycles. The molecule has 3 aromatic heterocycles. The highest BCUT2D eigenvalue weighted by atomic mass is 35.5. The summed E-state index contributed by atoms with van der Waals surface area (Å²) in [6.45, 7) is 1.97. The van der Waals surface area contributed by atoms with Gasteiger partial charge in [-0.3, -0.25) is 4.40 Å². The predicted molar refractivity (Wildman–Crippen MR) is 103 cm³/mol. The molecule has 1 atom stereocenters. The molecule has 0 spiro atoms. The molecular weight excluding hydrogens is 350 g/mol. The summed E-state index contributed by atoms with van der Waals surface area (Å²) >= 11 is 6.66. The van der Waals surface area contributed by atoms with Crippen LogP contribution >= 0.6 is 11.6 Å². The molecule has 0 amide bonds. The van der Waals surface area contributed by atoms with E-state index in [1.54, 1.807) is 10.7 Å². The van der Waals surface area contributed by atoms with Crippen molar-refractivity contribution in [3.63, 3.8) is 0 Å². The maximum atomic E-state index is 6.66. The van der Waals surface area contributed by atoms with Crippen molar-refractivity contribution in [3.8, 4) is 11.3 Å². The van der Waals surface area contributed by atoms with Gasteiger partial charge in [0.25, 0.3) is 0 Å². The summed E-state index contributed by atoms with van der Waals surface area (Å²) in [6.07, 6.45) is 5.81. The molecule has 7 nitrogen and oxygen atoms in total. The van der Waals surface area contributed by atoms with Gasteiger partial charge in [0.05, 0.1) is 0 Å². The molecule has 8 heteroatoms. The molecular formula is C18H18ClN7. The Hall–Kier alpha value is -2.64. The van der Waals surface area contributed by atoms with E-state index < -0.39 is 0 Å². The average Bonchev–Trinajstić information content (AvgIpc) is 3.32. The molecule has 3 N–H and O–H groups in total. The van der Waals surface area contributed by atoms with Crippen molar-refractivity contribution < 1.29 is 0 Å². The monoisotopic (exact) mass is 367 g/mol. The van der Waals surface area contributed by atoms with E-state index in [-0.39, 0.29) is 0 Å². The lowest BCUT2D eigenvalue weighted by molar-refractivity contribution is 0.479. The maximum Gasteiger partial charge on any atom is 0.204 e. The lowest BCUT2D eigenvalue weighted by atomic mass is 10.1. The Labute approximate surface area is 154 Å². The van der Waals surface area contributed by atoms with Gasteiger partial charge < -0.3 is 15.6 Å². The number of piperidine rings is 1. The van der Waals surface area contributed by atoms with Crippen molar-refractivity contribution in [2.24, 2.45) is 0 Å². The summed E-state index contributed by atoms with van der Waals surface area (Å²) in [5, 5.41) is 16.7. The van der Waals surface area contributed by atoms with Crippen LogP contribution < -0.4 is 10.6 Å². The van der Waals surface area contributed by atoms with Crippen LogP contribution in [-0.4, -0.2) is 43.7 Å². The molecule has 0 aliphatic carbocycles. The number of anilines is 1. The quantitative estimate of drug-likeness (QED) is 0.518. The molecule has 0 bridgehead atoms. The summed E-state index contributed by atoms with van der Waals surface area (Å²) in [5.41, 5.74) is 3.37. The van der Waals surface area contributed by atoms with E-state index in [2.05, 4.69) is 31.9 Å². The van der Waals surface area contributed by atoms with Gasteiger partial charge in [-0.25, -0.2) is 4.98 Å². The maximum absolute atomic E-state index is 6.66. The van der Waals surface area contributed by atoms with Crippen LogP contribution in [0.1, 0.15) is 12.8 Å². The highest BCUT2D eigenvalue weighted by Gasteiger charge is 2.21. The molecule has 0 unspecified atom stereocenters. The van der Waals surface area contributed by atoms with Crippen molar-refractivity contribution >= 4 is 34.0 Å². The number of hydrogen-bond acceptors (Lipinski definition) is 5. The third-order valence-electron chi connectivity index (χ3n) is 4.87. The number of fused-ring (bicyclic) bond motifs is 2. The van der Waals surface area contributed by atoms with Crippen LogP contribution in [0.2, 0.25) is 5.15 Å². The Morgan fingerprint density at radius 1 is 1.27 bits per heavy atom. The normalized spacial score (nSPS) is 17.8. The molecule has 0 radical (unpaired) electrons. The van der Waals surface area contributed by atoms with E-state index in [9.17, 15) is 0 Å². The number of hydrogen-bond donors (Lipinski definition) is 3. The van der Waals surface area contributed by atoms with Gasteiger partial charge in [0.15, 0.2) is 5.82 Å². The largest absolute Gasteiger partial charge is 0.363 e. The van der Waals surface area contributed by atoms with E-state index >= 15 is 0 Å². The third kappa shape index (κ3) is 2.51. The average molecular weight is 368 g/mol.